The number of carbonyl (C=O) groups excluding carboxylic acids is 1. The lowest BCUT2D eigenvalue weighted by Crippen LogP contribution is -2.49. The first-order valence-corrected chi connectivity index (χ1v) is 7.16. The zero-order valence-corrected chi connectivity index (χ0v) is 13.0. The fourth-order valence-electron chi connectivity index (χ4n) is 2.23. The van der Waals surface area contributed by atoms with Crippen molar-refractivity contribution in [1.82, 2.24) is 15.2 Å². The highest BCUT2D eigenvalue weighted by atomic mass is 16.6. The van der Waals surface area contributed by atoms with Crippen LogP contribution in [0.4, 0.5) is 4.79 Å². The van der Waals surface area contributed by atoms with Crippen molar-refractivity contribution in [2.24, 2.45) is 0 Å². The fourth-order valence-corrected chi connectivity index (χ4v) is 2.23. The molecule has 2 heterocycles. The maximum Gasteiger partial charge on any atom is 0.410 e. The summed E-state index contributed by atoms with van der Waals surface area (Å²) in [6, 6.07) is 1.42. The van der Waals surface area contributed by atoms with Crippen molar-refractivity contribution in [3.8, 4) is 0 Å². The molecule has 1 aliphatic rings. The molecule has 0 spiro atoms. The lowest BCUT2D eigenvalue weighted by atomic mass is 10.0. The number of carbonyl (C=O) groups is 2. The number of carboxylic acids is 1. The number of pyridine rings is 1. The van der Waals surface area contributed by atoms with Crippen molar-refractivity contribution in [3.05, 3.63) is 29.6 Å². The van der Waals surface area contributed by atoms with Gasteiger partial charge >= 0.3 is 12.1 Å². The molecule has 1 saturated heterocycles. The lowest BCUT2D eigenvalue weighted by molar-refractivity contribution is 0.0194. The first kappa shape index (κ1) is 16.2. The topological polar surface area (TPSA) is 91.8 Å². The maximum atomic E-state index is 12.1. The number of amides is 1. The number of nitrogens with one attached hydrogen (secondary N) is 1. The van der Waals surface area contributed by atoms with E-state index in [9.17, 15) is 9.59 Å². The maximum absolute atomic E-state index is 12.1. The van der Waals surface area contributed by atoms with Crippen molar-refractivity contribution in [1.29, 1.82) is 0 Å². The third kappa shape index (κ3) is 4.17. The SMILES string of the molecule is CC(C)(C)OC(=O)N1CCNC(c2cncc(C(=O)O)c2)C1. The first-order valence-electron chi connectivity index (χ1n) is 7.16. The molecule has 0 aromatic carbocycles. The average molecular weight is 307 g/mol. The van der Waals surface area contributed by atoms with Gasteiger partial charge in [0.25, 0.3) is 0 Å². The molecule has 1 amide bonds. The summed E-state index contributed by atoms with van der Waals surface area (Å²) < 4.78 is 5.37. The first-order chi connectivity index (χ1) is 10.3. The molecule has 0 aliphatic carbocycles. The summed E-state index contributed by atoms with van der Waals surface area (Å²) in [5.74, 6) is -1.02. The Kier molecular flexibility index (Phi) is 4.65. The second-order valence-electron chi connectivity index (χ2n) is 6.25. The molecule has 1 aromatic rings. The minimum absolute atomic E-state index is 0.133. The van der Waals surface area contributed by atoms with Crippen molar-refractivity contribution in [3.63, 3.8) is 0 Å². The van der Waals surface area contributed by atoms with E-state index in [1.165, 1.54) is 6.20 Å². The molecule has 7 nitrogen and oxygen atoms in total. The third-order valence-corrected chi connectivity index (χ3v) is 3.24. The van der Waals surface area contributed by atoms with Crippen LogP contribution >= 0.6 is 0 Å². The Morgan fingerprint density at radius 3 is 2.77 bits per heavy atom. The summed E-state index contributed by atoms with van der Waals surface area (Å²) in [4.78, 5) is 28.7. The van der Waals surface area contributed by atoms with Gasteiger partial charge < -0.3 is 20.1 Å². The molecule has 2 rings (SSSR count). The molecule has 0 radical (unpaired) electrons. The molecule has 1 unspecified atom stereocenters. The molecule has 1 atom stereocenters. The third-order valence-electron chi connectivity index (χ3n) is 3.24. The van der Waals surface area contributed by atoms with Gasteiger partial charge in [-0.25, -0.2) is 9.59 Å². The monoisotopic (exact) mass is 307 g/mol. The van der Waals surface area contributed by atoms with Crippen LogP contribution in [-0.4, -0.2) is 52.3 Å². The van der Waals surface area contributed by atoms with Crippen molar-refractivity contribution >= 4 is 12.1 Å². The number of hydrogen-bond acceptors (Lipinski definition) is 5. The van der Waals surface area contributed by atoms with Crippen LogP contribution in [0.3, 0.4) is 0 Å². The van der Waals surface area contributed by atoms with Gasteiger partial charge in [-0.15, -0.1) is 0 Å². The second-order valence-corrected chi connectivity index (χ2v) is 6.25. The van der Waals surface area contributed by atoms with E-state index in [1.54, 1.807) is 17.2 Å². The Balaban J connectivity index is 2.09. The number of aromatic carboxylic acids is 1. The van der Waals surface area contributed by atoms with Crippen LogP contribution in [0.2, 0.25) is 0 Å². The quantitative estimate of drug-likeness (QED) is 0.863. The number of hydrogen-bond donors (Lipinski definition) is 2. The van der Waals surface area contributed by atoms with E-state index in [0.29, 0.717) is 19.6 Å². The van der Waals surface area contributed by atoms with E-state index in [1.807, 2.05) is 20.8 Å². The number of piperazine rings is 1. The molecule has 2 N–H and O–H groups in total. The Bertz CT molecular complexity index is 568. The highest BCUT2D eigenvalue weighted by Gasteiger charge is 2.28. The summed E-state index contributed by atoms with van der Waals surface area (Å²) in [5, 5.41) is 12.3. The van der Waals surface area contributed by atoms with E-state index in [0.717, 1.165) is 5.56 Å². The summed E-state index contributed by atoms with van der Waals surface area (Å²) in [7, 11) is 0. The van der Waals surface area contributed by atoms with Gasteiger partial charge in [0.15, 0.2) is 0 Å². The van der Waals surface area contributed by atoms with E-state index < -0.39 is 11.6 Å². The molecule has 1 fully saturated rings. The minimum Gasteiger partial charge on any atom is -0.478 e. The van der Waals surface area contributed by atoms with Gasteiger partial charge in [0.2, 0.25) is 0 Å². The predicted octanol–water partition coefficient (Wildman–Crippen LogP) is 1.66. The van der Waals surface area contributed by atoms with E-state index >= 15 is 0 Å². The van der Waals surface area contributed by atoms with Gasteiger partial charge in [-0.05, 0) is 32.4 Å². The molecule has 1 aliphatic heterocycles. The highest BCUT2D eigenvalue weighted by molar-refractivity contribution is 5.87. The Morgan fingerprint density at radius 1 is 1.41 bits per heavy atom. The van der Waals surface area contributed by atoms with Gasteiger partial charge in [0.1, 0.15) is 5.60 Å². The molecule has 7 heteroatoms. The summed E-state index contributed by atoms with van der Waals surface area (Å²) in [5.41, 5.74) is 0.337. The van der Waals surface area contributed by atoms with E-state index in [2.05, 4.69) is 10.3 Å². The van der Waals surface area contributed by atoms with Crippen LogP contribution in [0, 0.1) is 0 Å². The van der Waals surface area contributed by atoms with Crippen LogP contribution in [0.1, 0.15) is 42.7 Å². The van der Waals surface area contributed by atoms with Gasteiger partial charge in [0, 0.05) is 32.0 Å². The minimum atomic E-state index is -1.02. The second kappa shape index (κ2) is 6.31. The molecule has 1 aromatic heterocycles. The van der Waals surface area contributed by atoms with Crippen LogP contribution in [0.5, 0.6) is 0 Å². The standard InChI is InChI=1S/C15H21N3O4/c1-15(2,3)22-14(21)18-5-4-17-12(9-18)10-6-11(13(19)20)8-16-7-10/h6-8,12,17H,4-5,9H2,1-3H3,(H,19,20). The van der Waals surface area contributed by atoms with Gasteiger partial charge in [-0.3, -0.25) is 4.98 Å². The molecule has 22 heavy (non-hydrogen) atoms. The van der Waals surface area contributed by atoms with Gasteiger partial charge in [0.05, 0.1) is 11.6 Å². The fraction of sp³-hybridized carbons (Fsp3) is 0.533. The molecular formula is C15H21N3O4. The summed E-state index contributed by atoms with van der Waals surface area (Å²) in [6.07, 6.45) is 2.56. The van der Waals surface area contributed by atoms with Crippen LogP contribution in [0.15, 0.2) is 18.5 Å². The van der Waals surface area contributed by atoms with Crippen LogP contribution in [-0.2, 0) is 4.74 Å². The Morgan fingerprint density at radius 2 is 2.14 bits per heavy atom. The van der Waals surface area contributed by atoms with E-state index in [4.69, 9.17) is 9.84 Å². The predicted molar refractivity (Wildman–Crippen MR) is 79.7 cm³/mol. The van der Waals surface area contributed by atoms with Crippen LogP contribution < -0.4 is 5.32 Å². The molecular weight excluding hydrogens is 286 g/mol. The average Bonchev–Trinajstić information content (AvgIpc) is 2.46. The van der Waals surface area contributed by atoms with Gasteiger partial charge in [-0.1, -0.05) is 0 Å². The molecule has 120 valence electrons. The molecule has 0 saturated carbocycles. The number of rotatable bonds is 2. The zero-order chi connectivity index (χ0) is 16.3. The molecule has 0 bridgehead atoms. The van der Waals surface area contributed by atoms with Crippen molar-refractivity contribution in [2.45, 2.75) is 32.4 Å². The summed E-state index contributed by atoms with van der Waals surface area (Å²) in [6.45, 7) is 7.05. The van der Waals surface area contributed by atoms with Crippen LogP contribution in [0.25, 0.3) is 0 Å². The largest absolute Gasteiger partial charge is 0.478 e. The number of ether oxygens (including phenoxy) is 1. The highest BCUT2D eigenvalue weighted by Crippen LogP contribution is 2.19. The number of carboxylic acid groups (broad SMARTS) is 1. The smallest absolute Gasteiger partial charge is 0.410 e. The van der Waals surface area contributed by atoms with Crippen molar-refractivity contribution < 1.29 is 19.4 Å². The lowest BCUT2D eigenvalue weighted by Gasteiger charge is -2.35. The van der Waals surface area contributed by atoms with Crippen molar-refractivity contribution in [2.75, 3.05) is 19.6 Å². The zero-order valence-electron chi connectivity index (χ0n) is 13.0. The normalized spacial score (nSPS) is 18.9. The summed E-state index contributed by atoms with van der Waals surface area (Å²) >= 11 is 0. The Labute approximate surface area is 129 Å². The number of nitrogens with zero attached hydrogens (tertiary/aromatic N) is 2. The number of aromatic nitrogens is 1. The Hall–Kier alpha value is -2.15. The van der Waals surface area contributed by atoms with E-state index in [-0.39, 0.29) is 17.7 Å². The van der Waals surface area contributed by atoms with Gasteiger partial charge in [-0.2, -0.15) is 0 Å².